The molecule has 3 aromatic rings. The number of aryl methyl sites for hydroxylation is 2. The molecule has 1 aromatic carbocycles. The fourth-order valence-corrected chi connectivity index (χ4v) is 4.16. The third-order valence-electron chi connectivity index (χ3n) is 5.96. The number of piperidine rings is 1. The van der Waals surface area contributed by atoms with Crippen LogP contribution in [0.3, 0.4) is 0 Å². The number of hydrogen-bond donors (Lipinski definition) is 1. The van der Waals surface area contributed by atoms with Gasteiger partial charge in [0.25, 0.3) is 5.91 Å². The molecule has 2 aromatic heterocycles. The second-order valence-corrected chi connectivity index (χ2v) is 8.40. The summed E-state index contributed by atoms with van der Waals surface area (Å²) in [6.07, 6.45) is 7.36. The molecule has 170 valence electrons. The summed E-state index contributed by atoms with van der Waals surface area (Å²) >= 11 is 0. The summed E-state index contributed by atoms with van der Waals surface area (Å²) in [6.45, 7) is 3.22. The number of anilines is 1. The molecule has 1 atom stereocenters. The smallest absolute Gasteiger partial charge is 0.259 e. The highest BCUT2D eigenvalue weighted by Crippen LogP contribution is 2.26. The quantitative estimate of drug-likeness (QED) is 0.592. The molecule has 2 amide bonds. The van der Waals surface area contributed by atoms with E-state index in [0.29, 0.717) is 30.0 Å². The van der Waals surface area contributed by atoms with Gasteiger partial charge in [-0.3, -0.25) is 14.6 Å². The number of hydrogen-bond acceptors (Lipinski definition) is 5. The van der Waals surface area contributed by atoms with Gasteiger partial charge in [-0.2, -0.15) is 0 Å². The zero-order valence-electron chi connectivity index (χ0n) is 18.9. The molecule has 0 aliphatic carbocycles. The van der Waals surface area contributed by atoms with Crippen molar-refractivity contribution in [1.82, 2.24) is 19.9 Å². The Labute approximate surface area is 194 Å². The molecule has 0 spiro atoms. The van der Waals surface area contributed by atoms with Crippen LogP contribution in [0.2, 0.25) is 0 Å². The molecule has 1 aliphatic rings. The maximum atomic E-state index is 12.8. The first kappa shape index (κ1) is 22.6. The highest BCUT2D eigenvalue weighted by atomic mass is 16.2. The Balaban J connectivity index is 1.34. The standard InChI is InChI=1S/C26H29N5O2/c1-19-23(26(33)30-22-11-3-2-4-12-22)17-28-25(29-19)20-9-8-16-31(18-20)24(32)14-7-13-21-10-5-6-15-27-21/h2-6,10-12,15,17,20H,7-9,13-14,16,18H2,1H3,(H,30,33)/t20-/m1/s1. The number of rotatable bonds is 7. The lowest BCUT2D eigenvalue weighted by Gasteiger charge is -2.32. The number of para-hydroxylation sites is 1. The molecule has 1 fully saturated rings. The maximum Gasteiger partial charge on any atom is 0.259 e. The van der Waals surface area contributed by atoms with E-state index in [4.69, 9.17) is 0 Å². The van der Waals surface area contributed by atoms with Gasteiger partial charge in [-0.25, -0.2) is 9.97 Å². The van der Waals surface area contributed by atoms with Crippen LogP contribution in [0, 0.1) is 6.92 Å². The van der Waals surface area contributed by atoms with Gasteiger partial charge in [0.1, 0.15) is 5.82 Å². The summed E-state index contributed by atoms with van der Waals surface area (Å²) in [6, 6.07) is 15.2. The zero-order chi connectivity index (χ0) is 23.0. The molecule has 4 rings (SSSR count). The Morgan fingerprint density at radius 2 is 1.91 bits per heavy atom. The minimum absolute atomic E-state index is 0.0865. The van der Waals surface area contributed by atoms with Gasteiger partial charge in [0, 0.05) is 49.2 Å². The normalized spacial score (nSPS) is 15.8. The van der Waals surface area contributed by atoms with E-state index in [0.717, 1.165) is 43.6 Å². The summed E-state index contributed by atoms with van der Waals surface area (Å²) in [5, 5.41) is 2.88. The predicted molar refractivity (Wildman–Crippen MR) is 127 cm³/mol. The number of nitrogens with one attached hydrogen (secondary N) is 1. The number of benzene rings is 1. The van der Waals surface area contributed by atoms with Gasteiger partial charge in [0.05, 0.1) is 11.3 Å². The van der Waals surface area contributed by atoms with Crippen molar-refractivity contribution in [3.63, 3.8) is 0 Å². The second kappa shape index (κ2) is 10.8. The van der Waals surface area contributed by atoms with Crippen molar-refractivity contribution in [2.45, 2.75) is 44.9 Å². The highest BCUT2D eigenvalue weighted by Gasteiger charge is 2.27. The van der Waals surface area contributed by atoms with Crippen LogP contribution in [0.4, 0.5) is 5.69 Å². The van der Waals surface area contributed by atoms with Gasteiger partial charge in [-0.15, -0.1) is 0 Å². The molecule has 7 nitrogen and oxygen atoms in total. The summed E-state index contributed by atoms with van der Waals surface area (Å²) in [5.41, 5.74) is 2.85. The van der Waals surface area contributed by atoms with Gasteiger partial charge in [0.2, 0.25) is 5.91 Å². The van der Waals surface area contributed by atoms with Crippen molar-refractivity contribution in [3.05, 3.63) is 83.7 Å². The molecule has 3 heterocycles. The van der Waals surface area contributed by atoms with Crippen LogP contribution < -0.4 is 5.32 Å². The lowest BCUT2D eigenvalue weighted by Crippen LogP contribution is -2.39. The first-order valence-corrected chi connectivity index (χ1v) is 11.5. The first-order valence-electron chi connectivity index (χ1n) is 11.5. The van der Waals surface area contributed by atoms with Crippen LogP contribution in [0.1, 0.15) is 59.2 Å². The Morgan fingerprint density at radius 1 is 1.09 bits per heavy atom. The van der Waals surface area contributed by atoms with E-state index in [-0.39, 0.29) is 17.7 Å². The molecule has 1 aliphatic heterocycles. The van der Waals surface area contributed by atoms with Crippen LogP contribution in [0.25, 0.3) is 0 Å². The van der Waals surface area contributed by atoms with Gasteiger partial charge >= 0.3 is 0 Å². The maximum absolute atomic E-state index is 12.8. The number of carbonyl (C=O) groups is 2. The van der Waals surface area contributed by atoms with E-state index >= 15 is 0 Å². The van der Waals surface area contributed by atoms with E-state index in [1.54, 1.807) is 12.4 Å². The van der Waals surface area contributed by atoms with Crippen molar-refractivity contribution >= 4 is 17.5 Å². The molecule has 0 unspecified atom stereocenters. The highest BCUT2D eigenvalue weighted by molar-refractivity contribution is 6.04. The van der Waals surface area contributed by atoms with Crippen molar-refractivity contribution < 1.29 is 9.59 Å². The van der Waals surface area contributed by atoms with E-state index in [2.05, 4.69) is 20.3 Å². The molecule has 33 heavy (non-hydrogen) atoms. The van der Waals surface area contributed by atoms with E-state index in [1.165, 1.54) is 0 Å². The van der Waals surface area contributed by atoms with E-state index in [9.17, 15) is 9.59 Å². The minimum atomic E-state index is -0.224. The Bertz CT molecular complexity index is 1090. The largest absolute Gasteiger partial charge is 0.342 e. The van der Waals surface area contributed by atoms with Gasteiger partial charge in [-0.1, -0.05) is 24.3 Å². The SMILES string of the molecule is Cc1nc([C@@H]2CCCN(C(=O)CCCc3ccccn3)C2)ncc1C(=O)Nc1ccccc1. The molecular formula is C26H29N5O2. The fourth-order valence-electron chi connectivity index (χ4n) is 4.16. The van der Waals surface area contributed by atoms with Crippen LogP contribution in [0.5, 0.6) is 0 Å². The molecule has 0 saturated carbocycles. The summed E-state index contributed by atoms with van der Waals surface area (Å²) in [4.78, 5) is 40.8. The van der Waals surface area contributed by atoms with Crippen LogP contribution >= 0.6 is 0 Å². The van der Waals surface area contributed by atoms with Crippen LogP contribution in [-0.4, -0.2) is 44.8 Å². The molecular weight excluding hydrogens is 414 g/mol. The van der Waals surface area contributed by atoms with Crippen molar-refractivity contribution in [2.75, 3.05) is 18.4 Å². The number of amides is 2. The molecule has 1 N–H and O–H groups in total. The average molecular weight is 444 g/mol. The monoisotopic (exact) mass is 443 g/mol. The molecule has 1 saturated heterocycles. The number of carbonyl (C=O) groups excluding carboxylic acids is 2. The molecule has 0 bridgehead atoms. The molecule has 7 heteroatoms. The second-order valence-electron chi connectivity index (χ2n) is 8.40. The predicted octanol–water partition coefficient (Wildman–Crippen LogP) is 4.16. The van der Waals surface area contributed by atoms with E-state index in [1.807, 2.05) is 60.4 Å². The minimum Gasteiger partial charge on any atom is -0.342 e. The summed E-state index contributed by atoms with van der Waals surface area (Å²) in [5.74, 6) is 0.739. The topological polar surface area (TPSA) is 88.1 Å². The van der Waals surface area contributed by atoms with Crippen molar-refractivity contribution in [2.24, 2.45) is 0 Å². The third-order valence-corrected chi connectivity index (χ3v) is 5.96. The first-order chi connectivity index (χ1) is 16.1. The van der Waals surface area contributed by atoms with Crippen molar-refractivity contribution in [3.8, 4) is 0 Å². The number of aromatic nitrogens is 3. The molecule has 0 radical (unpaired) electrons. The third kappa shape index (κ3) is 6.00. The lowest BCUT2D eigenvalue weighted by atomic mass is 9.96. The summed E-state index contributed by atoms with van der Waals surface area (Å²) < 4.78 is 0. The number of nitrogens with zero attached hydrogens (tertiary/aromatic N) is 4. The number of pyridine rings is 1. The Hall–Kier alpha value is -3.61. The van der Waals surface area contributed by atoms with Crippen LogP contribution in [-0.2, 0) is 11.2 Å². The van der Waals surface area contributed by atoms with Crippen LogP contribution in [0.15, 0.2) is 60.9 Å². The van der Waals surface area contributed by atoms with Gasteiger partial charge in [0.15, 0.2) is 0 Å². The van der Waals surface area contributed by atoms with Gasteiger partial charge < -0.3 is 10.2 Å². The summed E-state index contributed by atoms with van der Waals surface area (Å²) in [7, 11) is 0. The number of likely N-dealkylation sites (tertiary alicyclic amines) is 1. The zero-order valence-corrected chi connectivity index (χ0v) is 18.9. The fraction of sp³-hybridized carbons (Fsp3) is 0.346. The lowest BCUT2D eigenvalue weighted by molar-refractivity contribution is -0.132. The Kier molecular flexibility index (Phi) is 7.40. The Morgan fingerprint density at radius 3 is 2.67 bits per heavy atom. The van der Waals surface area contributed by atoms with Gasteiger partial charge in [-0.05, 0) is 56.9 Å². The average Bonchev–Trinajstić information content (AvgIpc) is 2.85. The van der Waals surface area contributed by atoms with E-state index < -0.39 is 0 Å². The van der Waals surface area contributed by atoms with Crippen molar-refractivity contribution in [1.29, 1.82) is 0 Å².